The Kier molecular flexibility index (Phi) is 2.63. The van der Waals surface area contributed by atoms with Gasteiger partial charge in [0.15, 0.2) is 18.2 Å². The fourth-order valence-corrected chi connectivity index (χ4v) is 2.61. The number of aromatic nitrogens is 2. The summed E-state index contributed by atoms with van der Waals surface area (Å²) in [6.07, 6.45) is 5.88. The van der Waals surface area contributed by atoms with Crippen molar-refractivity contribution in [3.05, 3.63) is 11.5 Å². The zero-order valence-electron chi connectivity index (χ0n) is 9.23. The van der Waals surface area contributed by atoms with E-state index < -0.39 is 0 Å². The standard InChI is InChI=1S/C11H12ClN3O2/c12-11-13-5-8-10(14-11)15(9(16)6-17-8)7-3-1-2-4-7/h5,7H,1-4,6H2. The Morgan fingerprint density at radius 3 is 2.94 bits per heavy atom. The van der Waals surface area contributed by atoms with Crippen LogP contribution in [0.25, 0.3) is 0 Å². The van der Waals surface area contributed by atoms with Gasteiger partial charge in [-0.05, 0) is 24.4 Å². The van der Waals surface area contributed by atoms with E-state index in [2.05, 4.69) is 9.97 Å². The highest BCUT2D eigenvalue weighted by atomic mass is 35.5. The van der Waals surface area contributed by atoms with Crippen molar-refractivity contribution < 1.29 is 9.53 Å². The van der Waals surface area contributed by atoms with E-state index >= 15 is 0 Å². The van der Waals surface area contributed by atoms with E-state index in [0.29, 0.717) is 11.6 Å². The summed E-state index contributed by atoms with van der Waals surface area (Å²) in [6.45, 7) is 0.0640. The highest BCUT2D eigenvalue weighted by Gasteiger charge is 2.34. The van der Waals surface area contributed by atoms with Gasteiger partial charge in [-0.15, -0.1) is 0 Å². The summed E-state index contributed by atoms with van der Waals surface area (Å²) in [6, 6.07) is 0.233. The predicted molar refractivity (Wildman–Crippen MR) is 62.3 cm³/mol. The Morgan fingerprint density at radius 2 is 2.18 bits per heavy atom. The van der Waals surface area contributed by atoms with Gasteiger partial charge in [0.1, 0.15) is 0 Å². The summed E-state index contributed by atoms with van der Waals surface area (Å²) >= 11 is 5.78. The van der Waals surface area contributed by atoms with E-state index in [1.807, 2.05) is 0 Å². The largest absolute Gasteiger partial charge is 0.478 e. The van der Waals surface area contributed by atoms with Gasteiger partial charge in [0, 0.05) is 6.04 Å². The number of hydrogen-bond donors (Lipinski definition) is 0. The summed E-state index contributed by atoms with van der Waals surface area (Å²) < 4.78 is 5.31. The predicted octanol–water partition coefficient (Wildman–Crippen LogP) is 1.80. The number of fused-ring (bicyclic) bond motifs is 1. The molecule has 1 aliphatic heterocycles. The van der Waals surface area contributed by atoms with Gasteiger partial charge in [0.2, 0.25) is 5.28 Å². The molecule has 1 aromatic rings. The SMILES string of the molecule is O=C1COc2cnc(Cl)nc2N1C1CCCC1. The summed E-state index contributed by atoms with van der Waals surface area (Å²) in [5.41, 5.74) is 0. The van der Waals surface area contributed by atoms with E-state index in [4.69, 9.17) is 16.3 Å². The van der Waals surface area contributed by atoms with Crippen molar-refractivity contribution in [2.24, 2.45) is 0 Å². The van der Waals surface area contributed by atoms with Crippen molar-refractivity contribution in [2.75, 3.05) is 11.5 Å². The van der Waals surface area contributed by atoms with Crippen LogP contribution in [0.4, 0.5) is 5.82 Å². The number of carbonyl (C=O) groups excluding carboxylic acids is 1. The molecule has 3 rings (SSSR count). The van der Waals surface area contributed by atoms with Gasteiger partial charge in [0.25, 0.3) is 5.91 Å². The van der Waals surface area contributed by atoms with E-state index in [9.17, 15) is 4.79 Å². The smallest absolute Gasteiger partial charge is 0.266 e. The second-order valence-corrected chi connectivity index (χ2v) is 4.66. The van der Waals surface area contributed by atoms with Gasteiger partial charge < -0.3 is 4.74 Å². The maximum absolute atomic E-state index is 12.0. The van der Waals surface area contributed by atoms with E-state index in [1.165, 1.54) is 6.20 Å². The third kappa shape index (κ3) is 1.84. The molecule has 1 fully saturated rings. The Labute approximate surface area is 104 Å². The fourth-order valence-electron chi connectivity index (χ4n) is 2.48. The molecule has 1 aromatic heterocycles. The lowest BCUT2D eigenvalue weighted by molar-refractivity contribution is -0.121. The van der Waals surface area contributed by atoms with Crippen molar-refractivity contribution in [1.29, 1.82) is 0 Å². The van der Waals surface area contributed by atoms with Crippen LogP contribution in [0.15, 0.2) is 6.20 Å². The minimum atomic E-state index is -0.0424. The first-order valence-corrected chi connectivity index (χ1v) is 6.11. The molecule has 0 spiro atoms. The number of carbonyl (C=O) groups is 1. The molecule has 6 heteroatoms. The zero-order chi connectivity index (χ0) is 11.8. The third-order valence-electron chi connectivity index (χ3n) is 3.24. The molecule has 17 heavy (non-hydrogen) atoms. The van der Waals surface area contributed by atoms with Crippen LogP contribution < -0.4 is 9.64 Å². The highest BCUT2D eigenvalue weighted by molar-refractivity contribution is 6.28. The molecule has 1 amide bonds. The van der Waals surface area contributed by atoms with Crippen LogP contribution in [0, 0.1) is 0 Å². The minimum absolute atomic E-state index is 0.0424. The molecule has 5 nitrogen and oxygen atoms in total. The second kappa shape index (κ2) is 4.14. The Balaban J connectivity index is 2.02. The average Bonchev–Trinajstić information content (AvgIpc) is 2.82. The van der Waals surface area contributed by atoms with Crippen LogP contribution in [0.5, 0.6) is 5.75 Å². The first-order valence-electron chi connectivity index (χ1n) is 5.73. The molecule has 0 radical (unpaired) electrons. The molecule has 0 unspecified atom stereocenters. The minimum Gasteiger partial charge on any atom is -0.478 e. The molecule has 1 saturated carbocycles. The maximum atomic E-state index is 12.0. The fraction of sp³-hybridized carbons (Fsp3) is 0.545. The first-order chi connectivity index (χ1) is 8.25. The van der Waals surface area contributed by atoms with Crippen molar-refractivity contribution >= 4 is 23.3 Å². The summed E-state index contributed by atoms with van der Waals surface area (Å²) in [5.74, 6) is 1.02. The molecule has 2 heterocycles. The molecular formula is C11H12ClN3O2. The van der Waals surface area contributed by atoms with Crippen molar-refractivity contribution in [3.63, 3.8) is 0 Å². The van der Waals surface area contributed by atoms with Crippen molar-refractivity contribution in [2.45, 2.75) is 31.7 Å². The summed E-state index contributed by atoms with van der Waals surface area (Å²) in [5, 5.41) is 0.144. The lowest BCUT2D eigenvalue weighted by Gasteiger charge is -2.32. The number of halogens is 1. The molecule has 0 bridgehead atoms. The number of anilines is 1. The molecule has 0 saturated heterocycles. The van der Waals surface area contributed by atoms with Crippen LogP contribution in [-0.4, -0.2) is 28.5 Å². The molecule has 0 N–H and O–H groups in total. The van der Waals surface area contributed by atoms with Crippen LogP contribution >= 0.6 is 11.6 Å². The summed E-state index contributed by atoms with van der Waals surface area (Å²) in [7, 11) is 0. The quantitative estimate of drug-likeness (QED) is 0.716. The third-order valence-corrected chi connectivity index (χ3v) is 3.43. The van der Waals surface area contributed by atoms with Crippen molar-refractivity contribution in [3.8, 4) is 5.75 Å². The van der Waals surface area contributed by atoms with Crippen molar-refractivity contribution in [1.82, 2.24) is 9.97 Å². The van der Waals surface area contributed by atoms with Crippen LogP contribution in [0.1, 0.15) is 25.7 Å². The van der Waals surface area contributed by atoms with Gasteiger partial charge in [-0.3, -0.25) is 9.69 Å². The maximum Gasteiger partial charge on any atom is 0.266 e. The zero-order valence-corrected chi connectivity index (χ0v) is 9.98. The molecular weight excluding hydrogens is 242 g/mol. The topological polar surface area (TPSA) is 55.3 Å². The van der Waals surface area contributed by atoms with Gasteiger partial charge >= 0.3 is 0 Å². The van der Waals surface area contributed by atoms with Gasteiger partial charge in [-0.25, -0.2) is 4.98 Å². The summed E-state index contributed by atoms with van der Waals surface area (Å²) in [4.78, 5) is 21.7. The average molecular weight is 254 g/mol. The van der Waals surface area contributed by atoms with E-state index in [-0.39, 0.29) is 23.8 Å². The van der Waals surface area contributed by atoms with Gasteiger partial charge in [0.05, 0.1) is 6.20 Å². The Bertz CT molecular complexity index is 460. The van der Waals surface area contributed by atoms with Gasteiger partial charge in [-0.1, -0.05) is 12.8 Å². The first kappa shape index (κ1) is 10.8. The molecule has 0 aromatic carbocycles. The van der Waals surface area contributed by atoms with E-state index in [1.54, 1.807) is 4.90 Å². The molecule has 2 aliphatic rings. The number of hydrogen-bond acceptors (Lipinski definition) is 4. The monoisotopic (exact) mass is 253 g/mol. The molecule has 90 valence electrons. The van der Waals surface area contributed by atoms with Gasteiger partial charge in [-0.2, -0.15) is 4.98 Å². The number of nitrogens with zero attached hydrogens (tertiary/aromatic N) is 3. The number of rotatable bonds is 1. The Morgan fingerprint density at radius 1 is 1.41 bits per heavy atom. The lowest BCUT2D eigenvalue weighted by atomic mass is 10.2. The number of amides is 1. The second-order valence-electron chi connectivity index (χ2n) is 4.32. The highest BCUT2D eigenvalue weighted by Crippen LogP contribution is 2.35. The van der Waals surface area contributed by atoms with Crippen LogP contribution in [-0.2, 0) is 4.79 Å². The van der Waals surface area contributed by atoms with E-state index in [0.717, 1.165) is 25.7 Å². The van der Waals surface area contributed by atoms with Crippen LogP contribution in [0.2, 0.25) is 5.28 Å². The Hall–Kier alpha value is -1.36. The molecule has 1 aliphatic carbocycles. The lowest BCUT2D eigenvalue weighted by Crippen LogP contribution is -2.45. The number of ether oxygens (including phenoxy) is 1. The molecule has 0 atom stereocenters. The van der Waals surface area contributed by atoms with Crippen LogP contribution in [0.3, 0.4) is 0 Å². The normalized spacial score (nSPS) is 20.3.